The van der Waals surface area contributed by atoms with E-state index in [4.69, 9.17) is 5.73 Å². The maximum Gasteiger partial charge on any atom is 0.141 e. The average Bonchev–Trinajstić information content (AvgIpc) is 2.87. The fourth-order valence-corrected chi connectivity index (χ4v) is 2.95. The van der Waals surface area contributed by atoms with E-state index in [9.17, 15) is 4.39 Å². The van der Waals surface area contributed by atoms with Crippen molar-refractivity contribution >= 4 is 21.4 Å². The second-order valence-electron chi connectivity index (χ2n) is 4.07. The van der Waals surface area contributed by atoms with Crippen molar-refractivity contribution < 1.29 is 4.39 Å². The minimum absolute atomic E-state index is 0.326. The molecule has 2 aromatic heterocycles. The van der Waals surface area contributed by atoms with E-state index < -0.39 is 0 Å². The number of fused-ring (bicyclic) bond motifs is 1. The Labute approximate surface area is 108 Å². The molecule has 3 rings (SSSR count). The highest BCUT2D eigenvalue weighted by atomic mass is 32.1. The molecule has 0 aliphatic rings. The largest absolute Gasteiger partial charge is 0.319 e. The number of benzene rings is 1. The summed E-state index contributed by atoms with van der Waals surface area (Å²) in [6.45, 7) is 0. The molecule has 0 spiro atoms. The molecule has 3 aromatic rings. The highest BCUT2D eigenvalue weighted by Gasteiger charge is 2.14. The van der Waals surface area contributed by atoms with Crippen molar-refractivity contribution in [1.29, 1.82) is 0 Å². The average molecular weight is 258 g/mol. The van der Waals surface area contributed by atoms with Crippen molar-refractivity contribution in [3.63, 3.8) is 0 Å². The van der Waals surface area contributed by atoms with E-state index in [-0.39, 0.29) is 11.9 Å². The maximum absolute atomic E-state index is 12.9. The van der Waals surface area contributed by atoms with Gasteiger partial charge < -0.3 is 5.73 Å². The predicted octanol–water partition coefficient (Wildman–Crippen LogP) is 3.48. The van der Waals surface area contributed by atoms with Gasteiger partial charge >= 0.3 is 0 Å². The van der Waals surface area contributed by atoms with Gasteiger partial charge in [0.15, 0.2) is 0 Å². The number of hydrogen-bond donors (Lipinski definition) is 1. The van der Waals surface area contributed by atoms with Gasteiger partial charge in [0.2, 0.25) is 0 Å². The first-order valence-corrected chi connectivity index (χ1v) is 6.47. The molecule has 1 unspecified atom stereocenters. The van der Waals surface area contributed by atoms with Crippen LogP contribution >= 0.6 is 11.3 Å². The van der Waals surface area contributed by atoms with E-state index in [1.807, 2.05) is 17.5 Å². The minimum atomic E-state index is -0.347. The van der Waals surface area contributed by atoms with Crippen LogP contribution in [0, 0.1) is 5.82 Å². The summed E-state index contributed by atoms with van der Waals surface area (Å²) in [5.74, 6) is -0.347. The Morgan fingerprint density at radius 3 is 2.83 bits per heavy atom. The van der Waals surface area contributed by atoms with E-state index in [1.165, 1.54) is 17.6 Å². The number of nitrogens with two attached hydrogens (primary N) is 1. The summed E-state index contributed by atoms with van der Waals surface area (Å²) in [5.41, 5.74) is 7.92. The lowest BCUT2D eigenvalue weighted by atomic mass is 10.0. The van der Waals surface area contributed by atoms with Gasteiger partial charge in [-0.3, -0.25) is 4.98 Å². The van der Waals surface area contributed by atoms with Crippen molar-refractivity contribution in [3.8, 4) is 0 Å². The Balaban J connectivity index is 2.08. The molecule has 0 amide bonds. The van der Waals surface area contributed by atoms with Crippen LogP contribution in [0.25, 0.3) is 10.1 Å². The zero-order valence-corrected chi connectivity index (χ0v) is 10.3. The van der Waals surface area contributed by atoms with Crippen molar-refractivity contribution in [2.75, 3.05) is 0 Å². The number of hydrogen-bond acceptors (Lipinski definition) is 3. The van der Waals surface area contributed by atoms with Crippen LogP contribution in [-0.2, 0) is 0 Å². The predicted molar refractivity (Wildman–Crippen MR) is 72.1 cm³/mol. The quantitative estimate of drug-likeness (QED) is 0.764. The molecule has 4 heteroatoms. The fourth-order valence-electron chi connectivity index (χ4n) is 1.99. The second kappa shape index (κ2) is 4.48. The number of pyridine rings is 1. The Morgan fingerprint density at radius 2 is 2.06 bits per heavy atom. The number of aromatic nitrogens is 1. The molecule has 18 heavy (non-hydrogen) atoms. The van der Waals surface area contributed by atoms with Crippen molar-refractivity contribution in [3.05, 3.63) is 65.0 Å². The van der Waals surface area contributed by atoms with Crippen LogP contribution in [0.5, 0.6) is 0 Å². The van der Waals surface area contributed by atoms with Crippen LogP contribution < -0.4 is 5.73 Å². The number of halogens is 1. The van der Waals surface area contributed by atoms with Gasteiger partial charge in [-0.15, -0.1) is 11.3 Å². The van der Waals surface area contributed by atoms with Crippen molar-refractivity contribution in [2.24, 2.45) is 5.73 Å². The molecule has 1 atom stereocenters. The highest BCUT2D eigenvalue weighted by Crippen LogP contribution is 2.30. The lowest BCUT2D eigenvalue weighted by molar-refractivity contribution is 0.617. The Morgan fingerprint density at radius 1 is 1.17 bits per heavy atom. The van der Waals surface area contributed by atoms with Crippen LogP contribution in [0.4, 0.5) is 4.39 Å². The summed E-state index contributed by atoms with van der Waals surface area (Å²) >= 11 is 1.66. The van der Waals surface area contributed by atoms with E-state index >= 15 is 0 Å². The van der Waals surface area contributed by atoms with Gasteiger partial charge in [-0.1, -0.05) is 18.2 Å². The van der Waals surface area contributed by atoms with E-state index in [1.54, 1.807) is 17.4 Å². The first kappa shape index (κ1) is 11.3. The third-order valence-corrected chi connectivity index (χ3v) is 3.89. The Bertz CT molecular complexity index is 676. The number of thiophene rings is 1. The Hall–Kier alpha value is -1.78. The van der Waals surface area contributed by atoms with Gasteiger partial charge in [-0.25, -0.2) is 4.39 Å². The normalized spacial score (nSPS) is 12.8. The number of nitrogens with zero attached hydrogens (tertiary/aromatic N) is 1. The van der Waals surface area contributed by atoms with Gasteiger partial charge in [-0.2, -0.15) is 0 Å². The summed E-state index contributed by atoms with van der Waals surface area (Å²) in [4.78, 5) is 4.05. The molecular formula is C14H11FN2S. The Kier molecular flexibility index (Phi) is 2.81. The molecule has 0 aliphatic heterocycles. The minimum Gasteiger partial charge on any atom is -0.319 e. The monoisotopic (exact) mass is 258 g/mol. The zero-order chi connectivity index (χ0) is 12.5. The molecular weight excluding hydrogens is 247 g/mol. The molecule has 1 aromatic carbocycles. The molecule has 0 radical (unpaired) electrons. The fraction of sp³-hybridized carbons (Fsp3) is 0.0714. The van der Waals surface area contributed by atoms with Crippen LogP contribution in [-0.4, -0.2) is 4.98 Å². The summed E-state index contributed by atoms with van der Waals surface area (Å²) in [7, 11) is 0. The first-order valence-electron chi connectivity index (χ1n) is 5.59. The molecule has 0 fully saturated rings. The van der Waals surface area contributed by atoms with Crippen LogP contribution in [0.1, 0.15) is 17.3 Å². The summed E-state index contributed by atoms with van der Waals surface area (Å²) in [6.07, 6.45) is 1.20. The van der Waals surface area contributed by atoms with E-state index in [0.717, 1.165) is 10.3 Å². The van der Waals surface area contributed by atoms with Gasteiger partial charge in [0.25, 0.3) is 0 Å². The van der Waals surface area contributed by atoms with Gasteiger partial charge in [0, 0.05) is 4.70 Å². The lowest BCUT2D eigenvalue weighted by Gasteiger charge is -2.12. The SMILES string of the molecule is NC(c1ccc(F)cn1)c1cccc2ccsc12. The van der Waals surface area contributed by atoms with E-state index in [0.29, 0.717) is 5.69 Å². The first-order chi connectivity index (χ1) is 8.75. The molecule has 2 heterocycles. The van der Waals surface area contributed by atoms with Crippen molar-refractivity contribution in [1.82, 2.24) is 4.98 Å². The second-order valence-corrected chi connectivity index (χ2v) is 4.98. The molecule has 0 saturated carbocycles. The zero-order valence-electron chi connectivity index (χ0n) is 9.51. The number of rotatable bonds is 2. The molecule has 0 bridgehead atoms. The summed E-state index contributed by atoms with van der Waals surface area (Å²) in [6, 6.07) is 10.8. The molecule has 0 aliphatic carbocycles. The van der Waals surface area contributed by atoms with Crippen LogP contribution in [0.15, 0.2) is 48.0 Å². The van der Waals surface area contributed by atoms with Crippen LogP contribution in [0.3, 0.4) is 0 Å². The van der Waals surface area contributed by atoms with E-state index in [2.05, 4.69) is 17.1 Å². The molecule has 2 nitrogen and oxygen atoms in total. The summed E-state index contributed by atoms with van der Waals surface area (Å²) in [5, 5.41) is 3.22. The molecule has 0 saturated heterocycles. The third-order valence-electron chi connectivity index (χ3n) is 2.91. The third kappa shape index (κ3) is 1.89. The van der Waals surface area contributed by atoms with Crippen molar-refractivity contribution in [2.45, 2.75) is 6.04 Å². The van der Waals surface area contributed by atoms with Gasteiger partial charge in [-0.05, 0) is 34.5 Å². The maximum atomic E-state index is 12.9. The van der Waals surface area contributed by atoms with Crippen LogP contribution in [0.2, 0.25) is 0 Å². The molecule has 90 valence electrons. The topological polar surface area (TPSA) is 38.9 Å². The summed E-state index contributed by atoms with van der Waals surface area (Å²) < 4.78 is 14.0. The lowest BCUT2D eigenvalue weighted by Crippen LogP contribution is -2.13. The molecule has 2 N–H and O–H groups in total. The highest BCUT2D eigenvalue weighted by molar-refractivity contribution is 7.17. The van der Waals surface area contributed by atoms with Gasteiger partial charge in [0.1, 0.15) is 5.82 Å². The van der Waals surface area contributed by atoms with Gasteiger partial charge in [0.05, 0.1) is 17.9 Å². The smallest absolute Gasteiger partial charge is 0.141 e. The standard InChI is InChI=1S/C14H11FN2S/c15-10-4-5-12(17-8-10)13(16)11-3-1-2-9-6-7-18-14(9)11/h1-8,13H,16H2.